The largest absolute Gasteiger partial charge is 0.325 e. The van der Waals surface area contributed by atoms with Gasteiger partial charge in [-0.3, -0.25) is 9.59 Å². The minimum Gasteiger partial charge on any atom is -0.325 e. The molecule has 3 aromatic rings. The van der Waals surface area contributed by atoms with Gasteiger partial charge in [-0.15, -0.1) is 0 Å². The van der Waals surface area contributed by atoms with Gasteiger partial charge in [-0.05, 0) is 30.2 Å². The van der Waals surface area contributed by atoms with Crippen LogP contribution in [0.4, 0.5) is 10.1 Å². The Labute approximate surface area is 151 Å². The van der Waals surface area contributed by atoms with Crippen LogP contribution >= 0.6 is 0 Å². The molecule has 0 heterocycles. The summed E-state index contributed by atoms with van der Waals surface area (Å²) in [6.45, 7) is 0. The topological polar surface area (TPSA) is 46.2 Å². The number of aryl methyl sites for hydroxylation is 1. The molecule has 1 amide bonds. The quantitative estimate of drug-likeness (QED) is 0.661. The third-order valence-electron chi connectivity index (χ3n) is 4.06. The minimum atomic E-state index is -0.319. The van der Waals surface area contributed by atoms with Crippen molar-refractivity contribution in [2.24, 2.45) is 0 Å². The number of hydrogen-bond donors (Lipinski definition) is 1. The Balaban J connectivity index is 1.71. The molecule has 3 nitrogen and oxygen atoms in total. The predicted molar refractivity (Wildman–Crippen MR) is 99.7 cm³/mol. The van der Waals surface area contributed by atoms with Gasteiger partial charge in [0.25, 0.3) is 0 Å². The molecule has 0 aliphatic heterocycles. The van der Waals surface area contributed by atoms with Crippen LogP contribution in [0.15, 0.2) is 78.9 Å². The van der Waals surface area contributed by atoms with Gasteiger partial charge in [-0.25, -0.2) is 4.39 Å². The van der Waals surface area contributed by atoms with Crippen LogP contribution in [0.25, 0.3) is 0 Å². The van der Waals surface area contributed by atoms with Crippen LogP contribution in [0.1, 0.15) is 27.9 Å². The highest BCUT2D eigenvalue weighted by Crippen LogP contribution is 2.20. The van der Waals surface area contributed by atoms with E-state index in [1.807, 2.05) is 6.07 Å². The summed E-state index contributed by atoms with van der Waals surface area (Å²) in [6.07, 6.45) is 0.433. The number of carbonyl (C=O) groups excluding carboxylic acids is 2. The number of benzene rings is 3. The average Bonchev–Trinajstić information content (AvgIpc) is 2.68. The number of anilines is 1. The first-order valence-corrected chi connectivity index (χ1v) is 8.37. The third-order valence-corrected chi connectivity index (χ3v) is 4.06. The van der Waals surface area contributed by atoms with Crippen molar-refractivity contribution >= 4 is 17.4 Å². The Morgan fingerprint density at radius 2 is 1.46 bits per heavy atom. The van der Waals surface area contributed by atoms with Crippen LogP contribution in [0, 0.1) is 5.82 Å². The number of halogens is 1. The van der Waals surface area contributed by atoms with E-state index in [4.69, 9.17) is 0 Å². The third kappa shape index (κ3) is 4.22. The Bertz CT molecular complexity index is 922. The fraction of sp³-hybridized carbons (Fsp3) is 0.0909. The maximum Gasteiger partial charge on any atom is 0.224 e. The van der Waals surface area contributed by atoms with Crippen molar-refractivity contribution in [2.45, 2.75) is 12.8 Å². The van der Waals surface area contributed by atoms with Gasteiger partial charge >= 0.3 is 0 Å². The molecule has 0 aliphatic carbocycles. The molecule has 0 unspecified atom stereocenters. The second kappa shape index (κ2) is 8.21. The molecule has 3 rings (SSSR count). The molecule has 0 aromatic heterocycles. The number of carbonyl (C=O) groups is 2. The Morgan fingerprint density at radius 1 is 0.808 bits per heavy atom. The van der Waals surface area contributed by atoms with Crippen molar-refractivity contribution < 1.29 is 14.0 Å². The van der Waals surface area contributed by atoms with Crippen molar-refractivity contribution in [2.75, 3.05) is 5.32 Å². The zero-order valence-electron chi connectivity index (χ0n) is 14.1. The molecule has 0 saturated heterocycles. The van der Waals surface area contributed by atoms with E-state index in [-0.39, 0.29) is 23.9 Å². The van der Waals surface area contributed by atoms with Gasteiger partial charge in [-0.1, -0.05) is 60.7 Å². The zero-order valence-corrected chi connectivity index (χ0v) is 14.1. The summed E-state index contributed by atoms with van der Waals surface area (Å²) in [5, 5.41) is 2.77. The van der Waals surface area contributed by atoms with E-state index in [0.717, 1.165) is 0 Å². The van der Waals surface area contributed by atoms with E-state index in [9.17, 15) is 14.0 Å². The van der Waals surface area contributed by atoms with E-state index in [1.165, 1.54) is 6.07 Å². The summed E-state index contributed by atoms with van der Waals surface area (Å²) in [7, 11) is 0. The number of rotatable bonds is 6. The highest BCUT2D eigenvalue weighted by molar-refractivity contribution is 6.13. The molecule has 0 bridgehead atoms. The van der Waals surface area contributed by atoms with Gasteiger partial charge in [0, 0.05) is 17.5 Å². The molecule has 0 atom stereocenters. The standard InChI is InChI=1S/C22H18FNO2/c23-19-12-6-4-8-16(19)14-15-21(25)24-20-13-7-5-11-18(20)22(26)17-9-2-1-3-10-17/h1-13H,14-15H2,(H,24,25). The first kappa shape index (κ1) is 17.5. The molecule has 4 heteroatoms. The Hall–Kier alpha value is -3.27. The highest BCUT2D eigenvalue weighted by atomic mass is 19.1. The van der Waals surface area contributed by atoms with Crippen molar-refractivity contribution in [3.05, 3.63) is 101 Å². The second-order valence-corrected chi connectivity index (χ2v) is 5.88. The predicted octanol–water partition coefficient (Wildman–Crippen LogP) is 4.63. The van der Waals surface area contributed by atoms with E-state index in [2.05, 4.69) is 5.32 Å². The van der Waals surface area contributed by atoms with E-state index >= 15 is 0 Å². The average molecular weight is 347 g/mol. The first-order valence-electron chi connectivity index (χ1n) is 8.37. The van der Waals surface area contributed by atoms with Crippen LogP contribution in [0.2, 0.25) is 0 Å². The lowest BCUT2D eigenvalue weighted by atomic mass is 10.0. The Kier molecular flexibility index (Phi) is 5.54. The van der Waals surface area contributed by atoms with Crippen LogP contribution in [-0.4, -0.2) is 11.7 Å². The lowest BCUT2D eigenvalue weighted by Crippen LogP contribution is -2.15. The van der Waals surface area contributed by atoms with E-state index in [0.29, 0.717) is 28.8 Å². The molecule has 1 N–H and O–H groups in total. The molecular formula is C22H18FNO2. The van der Waals surface area contributed by atoms with Gasteiger partial charge in [0.1, 0.15) is 5.82 Å². The maximum atomic E-state index is 13.6. The van der Waals surface area contributed by atoms with Crippen LogP contribution in [0.3, 0.4) is 0 Å². The van der Waals surface area contributed by atoms with Crippen molar-refractivity contribution in [1.29, 1.82) is 0 Å². The van der Waals surface area contributed by atoms with Crippen LogP contribution in [0.5, 0.6) is 0 Å². The fourth-order valence-electron chi connectivity index (χ4n) is 2.70. The number of para-hydroxylation sites is 1. The molecule has 26 heavy (non-hydrogen) atoms. The van der Waals surface area contributed by atoms with Gasteiger partial charge < -0.3 is 5.32 Å². The van der Waals surface area contributed by atoms with Crippen LogP contribution in [-0.2, 0) is 11.2 Å². The summed E-state index contributed by atoms with van der Waals surface area (Å²) in [5.74, 6) is -0.739. The second-order valence-electron chi connectivity index (χ2n) is 5.88. The molecule has 0 spiro atoms. The lowest BCUT2D eigenvalue weighted by Gasteiger charge is -2.11. The number of ketones is 1. The summed E-state index contributed by atoms with van der Waals surface area (Å²) in [6, 6.07) is 22.2. The van der Waals surface area contributed by atoms with Gasteiger partial charge in [0.05, 0.1) is 5.69 Å². The molecule has 130 valence electrons. The number of amides is 1. The van der Waals surface area contributed by atoms with Gasteiger partial charge in [0.2, 0.25) is 5.91 Å². The molecule has 0 radical (unpaired) electrons. The SMILES string of the molecule is O=C(CCc1ccccc1F)Nc1ccccc1C(=O)c1ccccc1. The molecule has 3 aromatic carbocycles. The molecule has 0 fully saturated rings. The highest BCUT2D eigenvalue weighted by Gasteiger charge is 2.15. The summed E-state index contributed by atoms with van der Waals surface area (Å²) in [4.78, 5) is 24.9. The van der Waals surface area contributed by atoms with Crippen molar-refractivity contribution in [1.82, 2.24) is 0 Å². The van der Waals surface area contributed by atoms with Gasteiger partial charge in [0.15, 0.2) is 5.78 Å². The molecular weight excluding hydrogens is 329 g/mol. The summed E-state index contributed by atoms with van der Waals surface area (Å²) >= 11 is 0. The molecule has 0 saturated carbocycles. The van der Waals surface area contributed by atoms with Crippen molar-refractivity contribution in [3.63, 3.8) is 0 Å². The fourth-order valence-corrected chi connectivity index (χ4v) is 2.70. The van der Waals surface area contributed by atoms with Gasteiger partial charge in [-0.2, -0.15) is 0 Å². The Morgan fingerprint density at radius 3 is 2.23 bits per heavy atom. The van der Waals surface area contributed by atoms with E-state index in [1.54, 1.807) is 66.7 Å². The minimum absolute atomic E-state index is 0.134. The first-order chi connectivity index (χ1) is 12.6. The maximum absolute atomic E-state index is 13.6. The zero-order chi connectivity index (χ0) is 18.4. The monoisotopic (exact) mass is 347 g/mol. The lowest BCUT2D eigenvalue weighted by molar-refractivity contribution is -0.116. The number of hydrogen-bond acceptors (Lipinski definition) is 2. The normalized spacial score (nSPS) is 10.3. The van der Waals surface area contributed by atoms with Crippen molar-refractivity contribution in [3.8, 4) is 0 Å². The van der Waals surface area contributed by atoms with E-state index < -0.39 is 0 Å². The summed E-state index contributed by atoms with van der Waals surface area (Å²) in [5.41, 5.74) is 1.94. The number of nitrogens with one attached hydrogen (secondary N) is 1. The smallest absolute Gasteiger partial charge is 0.224 e. The molecule has 0 aliphatic rings. The summed E-state index contributed by atoms with van der Waals surface area (Å²) < 4.78 is 13.6. The van der Waals surface area contributed by atoms with Crippen LogP contribution < -0.4 is 5.32 Å².